The number of nitrogens with zero attached hydrogens (tertiary/aromatic N) is 2. The number of aromatic nitrogens is 1. The quantitative estimate of drug-likeness (QED) is 0.887. The molecule has 2 N–H and O–H groups in total. The molecule has 1 amide bonds. The van der Waals surface area contributed by atoms with Crippen LogP contribution in [-0.2, 0) is 0 Å². The van der Waals surface area contributed by atoms with Gasteiger partial charge >= 0.3 is 0 Å². The Balaban J connectivity index is 1.38. The van der Waals surface area contributed by atoms with Gasteiger partial charge in [0.1, 0.15) is 11.1 Å². The van der Waals surface area contributed by atoms with Gasteiger partial charge in [-0.3, -0.25) is 4.79 Å². The van der Waals surface area contributed by atoms with E-state index in [9.17, 15) is 4.79 Å². The van der Waals surface area contributed by atoms with Crippen molar-refractivity contribution >= 4 is 17.7 Å². The van der Waals surface area contributed by atoms with E-state index in [0.717, 1.165) is 17.7 Å². The molecule has 2 saturated heterocycles. The maximum absolute atomic E-state index is 12.4. The number of rotatable bonds is 4. The molecule has 0 aliphatic carbocycles. The predicted octanol–water partition coefficient (Wildman–Crippen LogP) is 2.32. The third kappa shape index (κ3) is 3.03. The Kier molecular flexibility index (Phi) is 4.00. The van der Waals surface area contributed by atoms with Crippen LogP contribution in [0.5, 0.6) is 0 Å². The molecule has 2 aromatic rings. The molecule has 2 fully saturated rings. The fraction of sp³-hybridized carbons (Fsp3) is 0.353. The standard InChI is InChI=1S/C17H16N4O2S/c18-9-12-8-16(21-23-12)24-13-4-1-10(2-5-13)17(22)20-15-7-11-3-6-14(15)19-11/h1-2,4-5,8,11,14-15,19H,3,6-7H2,(H,20,22). The van der Waals surface area contributed by atoms with Crippen LogP contribution in [0, 0.1) is 11.3 Å². The SMILES string of the molecule is N#Cc1cc(Sc2ccc(C(=O)NC3CC4CCC3N4)cc2)no1. The monoisotopic (exact) mass is 340 g/mol. The number of benzene rings is 1. The number of amides is 1. The first-order valence-corrected chi connectivity index (χ1v) is 8.74. The number of fused-ring (bicyclic) bond motifs is 2. The molecule has 0 spiro atoms. The zero-order chi connectivity index (χ0) is 16.5. The van der Waals surface area contributed by atoms with Crippen LogP contribution in [0.1, 0.15) is 35.4 Å². The first-order valence-electron chi connectivity index (χ1n) is 7.93. The van der Waals surface area contributed by atoms with E-state index in [1.54, 1.807) is 6.07 Å². The Morgan fingerprint density at radius 2 is 2.21 bits per heavy atom. The lowest BCUT2D eigenvalue weighted by molar-refractivity contribution is 0.0931. The number of hydrogen-bond donors (Lipinski definition) is 2. The minimum atomic E-state index is -0.0286. The summed E-state index contributed by atoms with van der Waals surface area (Å²) in [6.07, 6.45) is 3.39. The lowest BCUT2D eigenvalue weighted by Crippen LogP contribution is -2.42. The van der Waals surface area contributed by atoms with Crippen molar-refractivity contribution in [2.45, 2.75) is 47.3 Å². The van der Waals surface area contributed by atoms with Gasteiger partial charge in [-0.2, -0.15) is 5.26 Å². The van der Waals surface area contributed by atoms with Gasteiger partial charge in [-0.25, -0.2) is 0 Å². The number of nitriles is 1. The highest BCUT2D eigenvalue weighted by Crippen LogP contribution is 2.29. The van der Waals surface area contributed by atoms with Crippen molar-refractivity contribution in [2.75, 3.05) is 0 Å². The van der Waals surface area contributed by atoms with E-state index >= 15 is 0 Å². The Labute approximate surface area is 143 Å². The van der Waals surface area contributed by atoms with Crippen LogP contribution in [0.3, 0.4) is 0 Å². The molecule has 6 nitrogen and oxygen atoms in total. The minimum absolute atomic E-state index is 0.0286. The molecule has 1 aromatic carbocycles. The van der Waals surface area contributed by atoms with Crippen LogP contribution < -0.4 is 10.6 Å². The van der Waals surface area contributed by atoms with E-state index in [0.29, 0.717) is 22.7 Å². The van der Waals surface area contributed by atoms with Gasteiger partial charge in [0.2, 0.25) is 5.76 Å². The highest BCUT2D eigenvalue weighted by Gasteiger charge is 2.39. The molecule has 2 aliphatic heterocycles. The second kappa shape index (κ2) is 6.30. The summed E-state index contributed by atoms with van der Waals surface area (Å²) in [6, 6.07) is 12.1. The number of hydrogen-bond acceptors (Lipinski definition) is 6. The van der Waals surface area contributed by atoms with Crippen LogP contribution in [0.2, 0.25) is 0 Å². The molecule has 4 rings (SSSR count). The third-order valence-electron chi connectivity index (χ3n) is 4.55. The fourth-order valence-corrected chi connectivity index (χ4v) is 4.14. The summed E-state index contributed by atoms with van der Waals surface area (Å²) < 4.78 is 4.84. The molecule has 2 aliphatic rings. The maximum Gasteiger partial charge on any atom is 0.251 e. The van der Waals surface area contributed by atoms with Crippen molar-refractivity contribution in [3.63, 3.8) is 0 Å². The smallest absolute Gasteiger partial charge is 0.251 e. The molecule has 0 saturated carbocycles. The molecular formula is C17H16N4O2S. The van der Waals surface area contributed by atoms with Crippen molar-refractivity contribution in [3.05, 3.63) is 41.7 Å². The van der Waals surface area contributed by atoms with Crippen molar-refractivity contribution in [1.29, 1.82) is 5.26 Å². The second-order valence-corrected chi connectivity index (χ2v) is 7.22. The largest absolute Gasteiger partial charge is 0.348 e. The molecule has 24 heavy (non-hydrogen) atoms. The molecule has 0 radical (unpaired) electrons. The van der Waals surface area contributed by atoms with E-state index in [1.807, 2.05) is 30.3 Å². The number of carbonyl (C=O) groups is 1. The van der Waals surface area contributed by atoms with Crippen molar-refractivity contribution in [1.82, 2.24) is 15.8 Å². The van der Waals surface area contributed by atoms with Crippen molar-refractivity contribution in [3.8, 4) is 6.07 Å². The predicted molar refractivity (Wildman–Crippen MR) is 87.6 cm³/mol. The maximum atomic E-state index is 12.4. The van der Waals surface area contributed by atoms with Gasteiger partial charge in [-0.15, -0.1) is 0 Å². The highest BCUT2D eigenvalue weighted by atomic mass is 32.2. The summed E-state index contributed by atoms with van der Waals surface area (Å²) >= 11 is 1.39. The van der Waals surface area contributed by atoms with Crippen LogP contribution in [-0.4, -0.2) is 29.2 Å². The van der Waals surface area contributed by atoms with Gasteiger partial charge in [0, 0.05) is 34.7 Å². The summed E-state index contributed by atoms with van der Waals surface area (Å²) in [5.74, 6) is 0.159. The first kappa shape index (κ1) is 15.2. The number of carbonyl (C=O) groups excluding carboxylic acids is 1. The summed E-state index contributed by atoms with van der Waals surface area (Å²) in [7, 11) is 0. The van der Waals surface area contributed by atoms with Gasteiger partial charge in [-0.1, -0.05) is 16.9 Å². The normalized spacial score (nSPS) is 24.7. The fourth-order valence-electron chi connectivity index (χ4n) is 3.39. The molecule has 122 valence electrons. The Bertz CT molecular complexity index is 796. The van der Waals surface area contributed by atoms with Gasteiger partial charge in [-0.05, 0) is 43.5 Å². The molecule has 3 heterocycles. The number of nitrogens with one attached hydrogen (secondary N) is 2. The van der Waals surface area contributed by atoms with Crippen LogP contribution in [0.15, 0.2) is 44.8 Å². The topological polar surface area (TPSA) is 91.0 Å². The van der Waals surface area contributed by atoms with Crippen molar-refractivity contribution < 1.29 is 9.32 Å². The van der Waals surface area contributed by atoms with Gasteiger partial charge in [0.05, 0.1) is 0 Å². The Morgan fingerprint density at radius 1 is 1.38 bits per heavy atom. The average Bonchev–Trinajstić information content (AvgIpc) is 3.32. The van der Waals surface area contributed by atoms with E-state index < -0.39 is 0 Å². The third-order valence-corrected chi connectivity index (χ3v) is 5.46. The zero-order valence-electron chi connectivity index (χ0n) is 12.9. The molecule has 1 aromatic heterocycles. The van der Waals surface area contributed by atoms with Gasteiger partial charge in [0.25, 0.3) is 5.91 Å². The minimum Gasteiger partial charge on any atom is -0.348 e. The summed E-state index contributed by atoms with van der Waals surface area (Å²) in [6.45, 7) is 0. The van der Waals surface area contributed by atoms with Crippen LogP contribution in [0.4, 0.5) is 0 Å². The van der Waals surface area contributed by atoms with E-state index in [1.165, 1.54) is 18.2 Å². The molecule has 2 bridgehead atoms. The summed E-state index contributed by atoms with van der Waals surface area (Å²) in [4.78, 5) is 13.3. The van der Waals surface area contributed by atoms with E-state index in [-0.39, 0.29) is 17.7 Å². The summed E-state index contributed by atoms with van der Waals surface area (Å²) in [5.41, 5.74) is 0.653. The van der Waals surface area contributed by atoms with Crippen LogP contribution in [0.25, 0.3) is 0 Å². The lowest BCUT2D eigenvalue weighted by atomic mass is 9.95. The Morgan fingerprint density at radius 3 is 2.83 bits per heavy atom. The molecule has 3 atom stereocenters. The van der Waals surface area contributed by atoms with Gasteiger partial charge < -0.3 is 15.2 Å². The highest BCUT2D eigenvalue weighted by molar-refractivity contribution is 7.99. The van der Waals surface area contributed by atoms with Gasteiger partial charge in [0.15, 0.2) is 0 Å². The van der Waals surface area contributed by atoms with Crippen LogP contribution >= 0.6 is 11.8 Å². The summed E-state index contributed by atoms with van der Waals surface area (Å²) in [5, 5.41) is 19.8. The lowest BCUT2D eigenvalue weighted by Gasteiger charge is -2.21. The van der Waals surface area contributed by atoms with E-state index in [2.05, 4.69) is 15.8 Å². The first-order chi connectivity index (χ1) is 11.7. The molecule has 3 unspecified atom stereocenters. The zero-order valence-corrected chi connectivity index (χ0v) is 13.7. The molecular weight excluding hydrogens is 324 g/mol. The van der Waals surface area contributed by atoms with Crippen molar-refractivity contribution in [2.24, 2.45) is 0 Å². The average molecular weight is 340 g/mol. The Hall–Kier alpha value is -2.30. The van der Waals surface area contributed by atoms with E-state index in [4.69, 9.17) is 9.78 Å². The second-order valence-electron chi connectivity index (χ2n) is 6.13. The molecule has 7 heteroatoms.